The first-order valence-corrected chi connectivity index (χ1v) is 7.97. The molecule has 23 heavy (non-hydrogen) atoms. The van der Waals surface area contributed by atoms with Crippen molar-refractivity contribution in [2.45, 2.75) is 6.92 Å². The van der Waals surface area contributed by atoms with Crippen molar-refractivity contribution in [2.75, 3.05) is 19.0 Å². The van der Waals surface area contributed by atoms with Crippen LogP contribution >= 0.6 is 15.9 Å². The summed E-state index contributed by atoms with van der Waals surface area (Å²) < 4.78 is 11.2. The Kier molecular flexibility index (Phi) is 6.23. The summed E-state index contributed by atoms with van der Waals surface area (Å²) in [5.41, 5.74) is 2.36. The number of hydrogen-bond donors (Lipinski definition) is 1. The Balaban J connectivity index is 2.33. The molecule has 0 spiro atoms. The van der Waals surface area contributed by atoms with E-state index >= 15 is 0 Å². The standard InChI is InChI=1S/C18H18BrNO3/c1-3-23-18(21)12-16(13-7-5-4-6-8-13)20-14-9-10-15(19)17(11-14)22-2/h4-12,20H,3H2,1-2H3/b16-12+. The maximum atomic E-state index is 11.8. The Labute approximate surface area is 144 Å². The zero-order chi connectivity index (χ0) is 16.7. The lowest BCUT2D eigenvalue weighted by Gasteiger charge is -2.13. The molecule has 1 N–H and O–H groups in total. The average molecular weight is 376 g/mol. The molecule has 0 radical (unpaired) electrons. The largest absolute Gasteiger partial charge is 0.495 e. The number of esters is 1. The fourth-order valence-electron chi connectivity index (χ4n) is 2.00. The van der Waals surface area contributed by atoms with Gasteiger partial charge in [0.25, 0.3) is 0 Å². The van der Waals surface area contributed by atoms with Crippen molar-refractivity contribution in [1.82, 2.24) is 0 Å². The second-order valence-electron chi connectivity index (χ2n) is 4.65. The van der Waals surface area contributed by atoms with E-state index in [-0.39, 0.29) is 5.97 Å². The summed E-state index contributed by atoms with van der Waals surface area (Å²) in [6.45, 7) is 2.12. The molecule has 120 valence electrons. The van der Waals surface area contributed by atoms with Crippen LogP contribution in [0.5, 0.6) is 5.75 Å². The number of halogens is 1. The van der Waals surface area contributed by atoms with Gasteiger partial charge in [0.1, 0.15) is 5.75 Å². The van der Waals surface area contributed by atoms with Gasteiger partial charge in [-0.1, -0.05) is 30.3 Å². The molecule has 0 bridgehead atoms. The van der Waals surface area contributed by atoms with Crippen molar-refractivity contribution in [3.8, 4) is 5.75 Å². The molecule has 0 atom stereocenters. The van der Waals surface area contributed by atoms with Gasteiger partial charge in [-0.2, -0.15) is 0 Å². The van der Waals surface area contributed by atoms with Crippen LogP contribution in [0.2, 0.25) is 0 Å². The molecule has 0 aliphatic rings. The second-order valence-corrected chi connectivity index (χ2v) is 5.50. The highest BCUT2D eigenvalue weighted by Crippen LogP contribution is 2.29. The molecule has 0 unspecified atom stereocenters. The van der Waals surface area contributed by atoms with Gasteiger partial charge in [-0.25, -0.2) is 4.79 Å². The molecule has 2 aromatic rings. The first-order valence-electron chi connectivity index (χ1n) is 7.18. The van der Waals surface area contributed by atoms with E-state index in [2.05, 4.69) is 21.2 Å². The Bertz CT molecular complexity index is 699. The van der Waals surface area contributed by atoms with E-state index in [1.807, 2.05) is 48.5 Å². The fraction of sp³-hybridized carbons (Fsp3) is 0.167. The highest BCUT2D eigenvalue weighted by atomic mass is 79.9. The molecular weight excluding hydrogens is 358 g/mol. The number of hydrogen-bond acceptors (Lipinski definition) is 4. The van der Waals surface area contributed by atoms with E-state index in [1.54, 1.807) is 14.0 Å². The predicted octanol–water partition coefficient (Wildman–Crippen LogP) is 4.47. The lowest BCUT2D eigenvalue weighted by atomic mass is 10.1. The average Bonchev–Trinajstić information content (AvgIpc) is 2.57. The zero-order valence-corrected chi connectivity index (χ0v) is 14.6. The number of carbonyl (C=O) groups is 1. The van der Waals surface area contributed by atoms with Gasteiger partial charge in [0.15, 0.2) is 0 Å². The molecule has 0 aliphatic heterocycles. The first kappa shape index (κ1) is 17.1. The van der Waals surface area contributed by atoms with Crippen molar-refractivity contribution in [3.05, 3.63) is 64.6 Å². The Morgan fingerprint density at radius 1 is 1.22 bits per heavy atom. The molecule has 0 heterocycles. The van der Waals surface area contributed by atoms with E-state index in [0.29, 0.717) is 18.1 Å². The molecule has 0 saturated carbocycles. The number of ether oxygens (including phenoxy) is 2. The van der Waals surface area contributed by atoms with Crippen LogP contribution in [0.4, 0.5) is 5.69 Å². The third kappa shape index (κ3) is 4.86. The minimum atomic E-state index is -0.386. The molecule has 0 fully saturated rings. The topological polar surface area (TPSA) is 47.6 Å². The van der Waals surface area contributed by atoms with E-state index in [9.17, 15) is 4.79 Å². The smallest absolute Gasteiger partial charge is 0.332 e. The summed E-state index contributed by atoms with van der Waals surface area (Å²) in [4.78, 5) is 11.8. The van der Waals surface area contributed by atoms with Crippen LogP contribution in [-0.2, 0) is 9.53 Å². The molecular formula is C18H18BrNO3. The maximum absolute atomic E-state index is 11.8. The van der Waals surface area contributed by atoms with Crippen LogP contribution in [0.1, 0.15) is 12.5 Å². The lowest BCUT2D eigenvalue weighted by Crippen LogP contribution is -2.06. The normalized spacial score (nSPS) is 11.0. The summed E-state index contributed by atoms with van der Waals surface area (Å²) in [6, 6.07) is 15.2. The summed E-state index contributed by atoms with van der Waals surface area (Å²) >= 11 is 3.42. The minimum absolute atomic E-state index is 0.337. The highest BCUT2D eigenvalue weighted by molar-refractivity contribution is 9.10. The van der Waals surface area contributed by atoms with Gasteiger partial charge in [-0.15, -0.1) is 0 Å². The minimum Gasteiger partial charge on any atom is -0.495 e. The van der Waals surface area contributed by atoms with Gasteiger partial charge >= 0.3 is 5.97 Å². The number of nitrogens with one attached hydrogen (secondary N) is 1. The fourth-order valence-corrected chi connectivity index (χ4v) is 2.41. The molecule has 2 rings (SSSR count). The predicted molar refractivity (Wildman–Crippen MR) is 95.4 cm³/mol. The first-order chi connectivity index (χ1) is 11.1. The van der Waals surface area contributed by atoms with E-state index in [0.717, 1.165) is 15.7 Å². The Morgan fingerprint density at radius 2 is 1.96 bits per heavy atom. The van der Waals surface area contributed by atoms with Crippen molar-refractivity contribution < 1.29 is 14.3 Å². The van der Waals surface area contributed by atoms with Crippen molar-refractivity contribution >= 4 is 33.3 Å². The summed E-state index contributed by atoms with van der Waals surface area (Å²) in [5, 5.41) is 3.25. The molecule has 0 amide bonds. The molecule has 0 aliphatic carbocycles. The van der Waals surface area contributed by atoms with Crippen molar-refractivity contribution in [3.63, 3.8) is 0 Å². The number of methoxy groups -OCH3 is 1. The van der Waals surface area contributed by atoms with Gasteiger partial charge in [0.05, 0.1) is 23.9 Å². The van der Waals surface area contributed by atoms with Crippen LogP contribution in [0, 0.1) is 0 Å². The van der Waals surface area contributed by atoms with E-state index in [4.69, 9.17) is 9.47 Å². The molecule has 0 aromatic heterocycles. The quantitative estimate of drug-likeness (QED) is 0.597. The number of anilines is 1. The monoisotopic (exact) mass is 375 g/mol. The van der Waals surface area contributed by atoms with Gasteiger partial charge in [-0.3, -0.25) is 0 Å². The Hall–Kier alpha value is -2.27. The van der Waals surface area contributed by atoms with Crippen LogP contribution < -0.4 is 10.1 Å². The molecule has 0 saturated heterocycles. The van der Waals surface area contributed by atoms with Crippen LogP contribution in [0.15, 0.2) is 59.1 Å². The van der Waals surface area contributed by atoms with Gasteiger partial charge < -0.3 is 14.8 Å². The van der Waals surface area contributed by atoms with Gasteiger partial charge in [0.2, 0.25) is 0 Å². The van der Waals surface area contributed by atoms with Crippen LogP contribution in [0.3, 0.4) is 0 Å². The van der Waals surface area contributed by atoms with Crippen molar-refractivity contribution in [2.24, 2.45) is 0 Å². The SMILES string of the molecule is CCOC(=O)/C=C(/Nc1ccc(Br)c(OC)c1)c1ccccc1. The van der Waals surface area contributed by atoms with Gasteiger partial charge in [-0.05, 0) is 40.5 Å². The maximum Gasteiger partial charge on any atom is 0.332 e. The number of carbonyl (C=O) groups excluding carboxylic acids is 1. The lowest BCUT2D eigenvalue weighted by molar-refractivity contribution is -0.137. The van der Waals surface area contributed by atoms with Crippen LogP contribution in [-0.4, -0.2) is 19.7 Å². The number of rotatable bonds is 6. The zero-order valence-electron chi connectivity index (χ0n) is 13.0. The molecule has 2 aromatic carbocycles. The summed E-state index contributed by atoms with van der Waals surface area (Å²) in [5.74, 6) is 0.321. The second kappa shape index (κ2) is 8.39. The molecule has 4 nitrogen and oxygen atoms in total. The van der Waals surface area contributed by atoms with Crippen LogP contribution in [0.25, 0.3) is 5.70 Å². The summed E-state index contributed by atoms with van der Waals surface area (Å²) in [6.07, 6.45) is 1.45. The van der Waals surface area contributed by atoms with E-state index < -0.39 is 0 Å². The third-order valence-electron chi connectivity index (χ3n) is 3.06. The van der Waals surface area contributed by atoms with Gasteiger partial charge in [0, 0.05) is 17.8 Å². The van der Waals surface area contributed by atoms with E-state index in [1.165, 1.54) is 6.08 Å². The van der Waals surface area contributed by atoms with Crippen molar-refractivity contribution in [1.29, 1.82) is 0 Å². The number of benzene rings is 2. The third-order valence-corrected chi connectivity index (χ3v) is 3.72. The highest BCUT2D eigenvalue weighted by Gasteiger charge is 2.08. The Morgan fingerprint density at radius 3 is 2.61 bits per heavy atom. The summed E-state index contributed by atoms with van der Waals surface area (Å²) in [7, 11) is 1.61. The molecule has 5 heteroatoms.